The quantitative estimate of drug-likeness (QED) is 0.502. The standard InChI is InChI=1S/C21H17N5O3/c1-23-18-17(19(28)24(2)21(23)29)25-12-15(13-8-4-3-5-9-13)26(20(25)22-18)14-10-6-7-11-16(14)27/h3-12,27H,1-2H3. The number of hydrogen-bond donors (Lipinski definition) is 1. The van der Waals surface area contributed by atoms with Gasteiger partial charge in [-0.05, 0) is 12.1 Å². The maximum Gasteiger partial charge on any atom is 0.332 e. The predicted octanol–water partition coefficient (Wildman–Crippen LogP) is 2.05. The van der Waals surface area contributed by atoms with Crippen LogP contribution in [0.25, 0.3) is 33.9 Å². The lowest BCUT2D eigenvalue weighted by molar-refractivity contribution is 0.473. The van der Waals surface area contributed by atoms with Gasteiger partial charge in [0.05, 0.1) is 11.4 Å². The molecule has 0 radical (unpaired) electrons. The fraction of sp³-hybridized carbons (Fsp3) is 0.0952. The van der Waals surface area contributed by atoms with Crippen molar-refractivity contribution in [1.82, 2.24) is 23.1 Å². The molecule has 29 heavy (non-hydrogen) atoms. The zero-order valence-electron chi connectivity index (χ0n) is 15.8. The number of aromatic nitrogens is 5. The van der Waals surface area contributed by atoms with Crippen LogP contribution in [-0.4, -0.2) is 28.2 Å². The lowest BCUT2D eigenvalue weighted by atomic mass is 10.1. The Morgan fingerprint density at radius 2 is 1.59 bits per heavy atom. The first kappa shape index (κ1) is 17.1. The summed E-state index contributed by atoms with van der Waals surface area (Å²) in [6.07, 6.45) is 1.80. The molecule has 0 aliphatic carbocycles. The van der Waals surface area contributed by atoms with E-state index >= 15 is 0 Å². The second-order valence-electron chi connectivity index (χ2n) is 6.86. The summed E-state index contributed by atoms with van der Waals surface area (Å²) >= 11 is 0. The summed E-state index contributed by atoms with van der Waals surface area (Å²) in [6, 6.07) is 16.6. The van der Waals surface area contributed by atoms with Crippen molar-refractivity contribution in [3.05, 3.63) is 81.6 Å². The van der Waals surface area contributed by atoms with Crippen LogP contribution in [0.4, 0.5) is 0 Å². The van der Waals surface area contributed by atoms with Crippen molar-refractivity contribution in [2.75, 3.05) is 0 Å². The van der Waals surface area contributed by atoms with Gasteiger partial charge in [0.1, 0.15) is 5.75 Å². The number of para-hydroxylation sites is 2. The molecule has 5 aromatic rings. The van der Waals surface area contributed by atoms with Crippen LogP contribution in [0.3, 0.4) is 0 Å². The Kier molecular flexibility index (Phi) is 3.51. The average molecular weight is 387 g/mol. The van der Waals surface area contributed by atoms with Crippen LogP contribution in [-0.2, 0) is 14.1 Å². The van der Waals surface area contributed by atoms with Crippen LogP contribution in [0.2, 0.25) is 0 Å². The lowest BCUT2D eigenvalue weighted by Crippen LogP contribution is -2.37. The SMILES string of the molecule is Cn1c(=O)c2c(nc3n(-c4ccccc4O)c(-c4ccccc4)cn23)n(C)c1=O. The van der Waals surface area contributed by atoms with Crippen LogP contribution in [0.5, 0.6) is 5.75 Å². The van der Waals surface area contributed by atoms with Gasteiger partial charge in [0.15, 0.2) is 11.2 Å². The van der Waals surface area contributed by atoms with Gasteiger partial charge in [0.25, 0.3) is 5.56 Å². The summed E-state index contributed by atoms with van der Waals surface area (Å²) in [6.45, 7) is 0. The zero-order chi connectivity index (χ0) is 20.3. The molecule has 8 heteroatoms. The Bertz CT molecular complexity index is 1520. The van der Waals surface area contributed by atoms with Gasteiger partial charge < -0.3 is 5.11 Å². The molecule has 0 aliphatic heterocycles. The van der Waals surface area contributed by atoms with Gasteiger partial charge in [0, 0.05) is 25.9 Å². The van der Waals surface area contributed by atoms with Crippen molar-refractivity contribution < 1.29 is 5.11 Å². The van der Waals surface area contributed by atoms with E-state index < -0.39 is 11.2 Å². The van der Waals surface area contributed by atoms with Crippen molar-refractivity contribution in [2.24, 2.45) is 14.1 Å². The molecule has 0 amide bonds. The number of imidazole rings is 2. The highest BCUT2D eigenvalue weighted by Crippen LogP contribution is 2.32. The summed E-state index contributed by atoms with van der Waals surface area (Å²) in [4.78, 5) is 29.8. The fourth-order valence-electron chi connectivity index (χ4n) is 3.67. The van der Waals surface area contributed by atoms with Crippen LogP contribution in [0.1, 0.15) is 0 Å². The van der Waals surface area contributed by atoms with E-state index in [1.807, 2.05) is 36.4 Å². The number of benzene rings is 2. The van der Waals surface area contributed by atoms with E-state index in [2.05, 4.69) is 4.98 Å². The van der Waals surface area contributed by atoms with E-state index in [4.69, 9.17) is 0 Å². The molecule has 1 N–H and O–H groups in total. The number of fused-ring (bicyclic) bond motifs is 3. The Balaban J connectivity index is 2.01. The monoisotopic (exact) mass is 387 g/mol. The van der Waals surface area contributed by atoms with Gasteiger partial charge in [0.2, 0.25) is 5.78 Å². The molecule has 0 fully saturated rings. The zero-order valence-corrected chi connectivity index (χ0v) is 15.8. The highest BCUT2D eigenvalue weighted by molar-refractivity contribution is 5.80. The molecule has 8 nitrogen and oxygen atoms in total. The van der Waals surface area contributed by atoms with Gasteiger partial charge in [-0.1, -0.05) is 42.5 Å². The number of phenolic OH excluding ortho intramolecular Hbond substituents is 1. The summed E-state index contributed by atoms with van der Waals surface area (Å²) < 4.78 is 5.87. The minimum atomic E-state index is -0.444. The Labute approximate surface area is 164 Å². The minimum Gasteiger partial charge on any atom is -0.506 e. The molecule has 0 bridgehead atoms. The smallest absolute Gasteiger partial charge is 0.332 e. The fourth-order valence-corrected chi connectivity index (χ4v) is 3.67. The van der Waals surface area contributed by atoms with Gasteiger partial charge in [-0.25, -0.2) is 4.79 Å². The molecule has 5 rings (SSSR count). The van der Waals surface area contributed by atoms with Gasteiger partial charge in [-0.3, -0.25) is 22.9 Å². The maximum atomic E-state index is 12.9. The molecule has 3 aromatic heterocycles. The minimum absolute atomic E-state index is 0.0802. The van der Waals surface area contributed by atoms with Crippen LogP contribution in [0.15, 0.2) is 70.4 Å². The van der Waals surface area contributed by atoms with Gasteiger partial charge in [-0.2, -0.15) is 4.98 Å². The van der Waals surface area contributed by atoms with Gasteiger partial charge in [-0.15, -0.1) is 0 Å². The number of aryl methyl sites for hydroxylation is 1. The summed E-state index contributed by atoms with van der Waals surface area (Å²) in [5, 5.41) is 10.5. The summed E-state index contributed by atoms with van der Waals surface area (Å²) in [5.41, 5.74) is 1.90. The number of rotatable bonds is 2. The maximum absolute atomic E-state index is 12.9. The molecular formula is C21H17N5O3. The van der Waals surface area contributed by atoms with Crippen LogP contribution in [0, 0.1) is 0 Å². The van der Waals surface area contributed by atoms with Crippen molar-refractivity contribution in [1.29, 1.82) is 0 Å². The third kappa shape index (κ3) is 2.29. The van der Waals surface area contributed by atoms with Crippen LogP contribution < -0.4 is 11.2 Å². The molecule has 2 aromatic carbocycles. The number of hydrogen-bond acceptors (Lipinski definition) is 4. The highest BCUT2D eigenvalue weighted by atomic mass is 16.3. The summed E-state index contributed by atoms with van der Waals surface area (Å²) in [5.74, 6) is 0.510. The molecule has 0 spiro atoms. The first-order chi connectivity index (χ1) is 14.0. The Morgan fingerprint density at radius 3 is 2.31 bits per heavy atom. The van der Waals surface area contributed by atoms with E-state index in [0.717, 1.165) is 15.8 Å². The molecule has 0 aliphatic rings. The largest absolute Gasteiger partial charge is 0.506 e. The van der Waals surface area contributed by atoms with E-state index in [1.165, 1.54) is 11.6 Å². The predicted molar refractivity (Wildman–Crippen MR) is 110 cm³/mol. The molecule has 0 atom stereocenters. The lowest BCUT2D eigenvalue weighted by Gasteiger charge is -2.10. The van der Waals surface area contributed by atoms with Crippen molar-refractivity contribution in [3.63, 3.8) is 0 Å². The molecule has 3 heterocycles. The third-order valence-corrected chi connectivity index (χ3v) is 5.16. The Morgan fingerprint density at radius 1 is 0.897 bits per heavy atom. The first-order valence-corrected chi connectivity index (χ1v) is 9.02. The third-order valence-electron chi connectivity index (χ3n) is 5.16. The number of nitrogens with zero attached hydrogens (tertiary/aromatic N) is 5. The number of aromatic hydroxyl groups is 1. The van der Waals surface area contributed by atoms with Crippen molar-refractivity contribution in [2.45, 2.75) is 0 Å². The summed E-state index contributed by atoms with van der Waals surface area (Å²) in [7, 11) is 3.03. The average Bonchev–Trinajstić information content (AvgIpc) is 3.28. The number of phenols is 1. The van der Waals surface area contributed by atoms with Crippen LogP contribution >= 0.6 is 0 Å². The molecule has 0 unspecified atom stereocenters. The normalized spacial score (nSPS) is 11.5. The second-order valence-corrected chi connectivity index (χ2v) is 6.86. The highest BCUT2D eigenvalue weighted by Gasteiger charge is 2.22. The molecular weight excluding hydrogens is 370 g/mol. The molecule has 0 saturated heterocycles. The molecule has 144 valence electrons. The molecule has 0 saturated carbocycles. The van der Waals surface area contributed by atoms with E-state index in [-0.39, 0.29) is 11.4 Å². The van der Waals surface area contributed by atoms with E-state index in [1.54, 1.807) is 40.4 Å². The van der Waals surface area contributed by atoms with Gasteiger partial charge >= 0.3 is 5.69 Å². The van der Waals surface area contributed by atoms with Crippen molar-refractivity contribution >= 4 is 16.9 Å². The first-order valence-electron chi connectivity index (χ1n) is 9.02. The Hall–Kier alpha value is -4.07. The van der Waals surface area contributed by atoms with Crippen molar-refractivity contribution in [3.8, 4) is 22.7 Å². The topological polar surface area (TPSA) is 86.5 Å². The van der Waals surface area contributed by atoms with E-state index in [9.17, 15) is 14.7 Å². The van der Waals surface area contributed by atoms with E-state index in [0.29, 0.717) is 17.0 Å². The second kappa shape index (κ2) is 5.96.